The van der Waals surface area contributed by atoms with Crippen molar-refractivity contribution in [1.29, 1.82) is 0 Å². The Labute approximate surface area is 112 Å². The van der Waals surface area contributed by atoms with E-state index < -0.39 is 0 Å². The van der Waals surface area contributed by atoms with E-state index in [9.17, 15) is 0 Å². The average molecular weight is 261 g/mol. The quantitative estimate of drug-likeness (QED) is 0.783. The Hall–Kier alpha value is -1.26. The molecule has 4 heteroatoms. The molecule has 0 saturated heterocycles. The van der Waals surface area contributed by atoms with Gasteiger partial charge in [0, 0.05) is 23.3 Å². The zero-order chi connectivity index (χ0) is 12.8. The normalized spacial score (nSPS) is 12.6. The summed E-state index contributed by atoms with van der Waals surface area (Å²) in [7, 11) is 0. The van der Waals surface area contributed by atoms with Gasteiger partial charge in [0.25, 0.3) is 0 Å². The summed E-state index contributed by atoms with van der Waals surface area (Å²) in [5.74, 6) is 2.09. The van der Waals surface area contributed by atoms with Crippen LogP contribution in [0.5, 0.6) is 0 Å². The van der Waals surface area contributed by atoms with Gasteiger partial charge in [-0.1, -0.05) is 19.1 Å². The van der Waals surface area contributed by atoms with Gasteiger partial charge in [0.2, 0.25) is 0 Å². The fourth-order valence-corrected chi connectivity index (χ4v) is 2.44. The lowest BCUT2D eigenvalue weighted by atomic mass is 10.1. The molecule has 2 rings (SSSR count). The molecule has 1 atom stereocenters. The van der Waals surface area contributed by atoms with Crippen LogP contribution in [0.1, 0.15) is 31.3 Å². The summed E-state index contributed by atoms with van der Waals surface area (Å²) in [6, 6.07) is 9.09. The molecule has 0 aliphatic heterocycles. The van der Waals surface area contributed by atoms with Crippen molar-refractivity contribution in [2.45, 2.75) is 31.3 Å². The van der Waals surface area contributed by atoms with Crippen LogP contribution in [0.15, 0.2) is 41.6 Å². The minimum Gasteiger partial charge on any atom is -0.348 e. The molecule has 0 fully saturated rings. The summed E-state index contributed by atoms with van der Waals surface area (Å²) in [5, 5.41) is 3.45. The Morgan fingerprint density at radius 3 is 2.72 bits per heavy atom. The van der Waals surface area contributed by atoms with Gasteiger partial charge < -0.3 is 10.3 Å². The lowest BCUT2D eigenvalue weighted by molar-refractivity contribution is 0.561. The zero-order valence-corrected chi connectivity index (χ0v) is 11.6. The van der Waals surface area contributed by atoms with E-state index in [0.717, 1.165) is 18.1 Å². The Bertz CT molecular complexity index is 450. The van der Waals surface area contributed by atoms with Crippen molar-refractivity contribution in [1.82, 2.24) is 15.3 Å². The molecular weight excluding hydrogens is 242 g/mol. The van der Waals surface area contributed by atoms with Gasteiger partial charge in [0.05, 0.1) is 6.54 Å². The molecule has 1 unspecified atom stereocenters. The lowest BCUT2D eigenvalue weighted by Gasteiger charge is -2.13. The van der Waals surface area contributed by atoms with Gasteiger partial charge in [-0.3, -0.25) is 0 Å². The minimum atomic E-state index is 0.329. The van der Waals surface area contributed by atoms with Crippen LogP contribution in [0.2, 0.25) is 0 Å². The van der Waals surface area contributed by atoms with Crippen molar-refractivity contribution < 1.29 is 0 Å². The molecule has 0 spiro atoms. The van der Waals surface area contributed by atoms with Gasteiger partial charge in [-0.15, -0.1) is 11.8 Å². The van der Waals surface area contributed by atoms with Crippen molar-refractivity contribution >= 4 is 11.8 Å². The highest BCUT2D eigenvalue weighted by Crippen LogP contribution is 2.20. The second kappa shape index (κ2) is 6.61. The highest BCUT2D eigenvalue weighted by molar-refractivity contribution is 7.99. The third-order valence-corrected chi connectivity index (χ3v) is 3.72. The Morgan fingerprint density at radius 2 is 2.11 bits per heavy atom. The number of imidazole rings is 1. The van der Waals surface area contributed by atoms with Crippen LogP contribution in [0.25, 0.3) is 0 Å². The highest BCUT2D eigenvalue weighted by Gasteiger charge is 2.05. The first-order chi connectivity index (χ1) is 8.79. The SMILES string of the molecule is CCSc1ccc(C(C)NCc2ncc[nH]2)cc1. The van der Waals surface area contributed by atoms with E-state index in [1.165, 1.54) is 10.5 Å². The Kier molecular flexibility index (Phi) is 4.84. The molecule has 3 nitrogen and oxygen atoms in total. The summed E-state index contributed by atoms with van der Waals surface area (Å²) >= 11 is 1.87. The molecule has 0 amide bonds. The van der Waals surface area contributed by atoms with Crippen molar-refractivity contribution in [2.24, 2.45) is 0 Å². The number of rotatable bonds is 6. The molecule has 0 aliphatic carbocycles. The van der Waals surface area contributed by atoms with Crippen LogP contribution >= 0.6 is 11.8 Å². The molecule has 1 aromatic carbocycles. The maximum absolute atomic E-state index is 4.20. The van der Waals surface area contributed by atoms with Crippen LogP contribution in [0, 0.1) is 0 Å². The number of hydrogen-bond donors (Lipinski definition) is 2. The van der Waals surface area contributed by atoms with Crippen molar-refractivity contribution in [2.75, 3.05) is 5.75 Å². The van der Waals surface area contributed by atoms with Gasteiger partial charge >= 0.3 is 0 Å². The Balaban J connectivity index is 1.89. The van der Waals surface area contributed by atoms with E-state index in [1.54, 1.807) is 6.20 Å². The fourth-order valence-electron chi connectivity index (χ4n) is 1.78. The maximum atomic E-state index is 4.20. The molecule has 0 saturated carbocycles. The monoisotopic (exact) mass is 261 g/mol. The number of hydrogen-bond acceptors (Lipinski definition) is 3. The number of benzene rings is 1. The van der Waals surface area contributed by atoms with Gasteiger partial charge in [-0.2, -0.15) is 0 Å². The molecule has 0 aliphatic rings. The topological polar surface area (TPSA) is 40.7 Å². The van der Waals surface area contributed by atoms with E-state index in [0.29, 0.717) is 6.04 Å². The molecule has 1 aromatic heterocycles. The number of H-pyrrole nitrogens is 1. The van der Waals surface area contributed by atoms with Crippen molar-refractivity contribution in [3.05, 3.63) is 48.0 Å². The van der Waals surface area contributed by atoms with Crippen molar-refractivity contribution in [3.63, 3.8) is 0 Å². The van der Waals surface area contributed by atoms with E-state index in [2.05, 4.69) is 53.4 Å². The number of aromatic nitrogens is 2. The van der Waals surface area contributed by atoms with E-state index in [4.69, 9.17) is 0 Å². The summed E-state index contributed by atoms with van der Waals surface area (Å²) in [6.45, 7) is 5.11. The van der Waals surface area contributed by atoms with E-state index in [-0.39, 0.29) is 0 Å². The Morgan fingerprint density at radius 1 is 1.33 bits per heavy atom. The van der Waals surface area contributed by atoms with E-state index in [1.807, 2.05) is 18.0 Å². The first-order valence-corrected chi connectivity index (χ1v) is 7.22. The molecule has 0 radical (unpaired) electrons. The molecule has 2 N–H and O–H groups in total. The first kappa shape index (κ1) is 13.2. The predicted molar refractivity (Wildman–Crippen MR) is 76.7 cm³/mol. The highest BCUT2D eigenvalue weighted by atomic mass is 32.2. The second-order valence-corrected chi connectivity index (χ2v) is 5.48. The van der Waals surface area contributed by atoms with Crippen LogP contribution < -0.4 is 5.32 Å². The van der Waals surface area contributed by atoms with Gasteiger partial charge in [0.15, 0.2) is 0 Å². The zero-order valence-electron chi connectivity index (χ0n) is 10.8. The number of thioether (sulfide) groups is 1. The fraction of sp³-hybridized carbons (Fsp3) is 0.357. The standard InChI is InChI=1S/C14H19N3S/c1-3-18-13-6-4-12(5-7-13)11(2)17-10-14-15-8-9-16-14/h4-9,11,17H,3,10H2,1-2H3,(H,15,16). The molecule has 18 heavy (non-hydrogen) atoms. The third-order valence-electron chi connectivity index (χ3n) is 2.82. The predicted octanol–water partition coefficient (Wildman–Crippen LogP) is 3.37. The van der Waals surface area contributed by atoms with Gasteiger partial charge in [-0.05, 0) is 30.4 Å². The largest absolute Gasteiger partial charge is 0.348 e. The number of nitrogens with zero attached hydrogens (tertiary/aromatic N) is 1. The lowest BCUT2D eigenvalue weighted by Crippen LogP contribution is -2.18. The molecule has 2 aromatic rings. The summed E-state index contributed by atoms with van der Waals surface area (Å²) < 4.78 is 0. The molecule has 0 bridgehead atoms. The first-order valence-electron chi connectivity index (χ1n) is 6.24. The van der Waals surface area contributed by atoms with Crippen LogP contribution in [-0.4, -0.2) is 15.7 Å². The van der Waals surface area contributed by atoms with E-state index >= 15 is 0 Å². The number of nitrogens with one attached hydrogen (secondary N) is 2. The van der Waals surface area contributed by atoms with Crippen LogP contribution in [0.3, 0.4) is 0 Å². The van der Waals surface area contributed by atoms with Crippen LogP contribution in [0.4, 0.5) is 0 Å². The maximum Gasteiger partial charge on any atom is 0.120 e. The third kappa shape index (κ3) is 3.62. The smallest absolute Gasteiger partial charge is 0.120 e. The summed E-state index contributed by atoms with van der Waals surface area (Å²) in [5.41, 5.74) is 1.31. The molecule has 96 valence electrons. The number of aromatic amines is 1. The molecule has 1 heterocycles. The van der Waals surface area contributed by atoms with Crippen molar-refractivity contribution in [3.8, 4) is 0 Å². The van der Waals surface area contributed by atoms with Gasteiger partial charge in [0.1, 0.15) is 5.82 Å². The summed E-state index contributed by atoms with van der Waals surface area (Å²) in [6.07, 6.45) is 3.62. The second-order valence-electron chi connectivity index (χ2n) is 4.14. The molecular formula is C14H19N3S. The summed E-state index contributed by atoms with van der Waals surface area (Å²) in [4.78, 5) is 8.62. The van der Waals surface area contributed by atoms with Crippen LogP contribution in [-0.2, 0) is 6.54 Å². The van der Waals surface area contributed by atoms with Gasteiger partial charge in [-0.25, -0.2) is 4.98 Å². The average Bonchev–Trinajstić information content (AvgIpc) is 2.90. The minimum absolute atomic E-state index is 0.329.